The molecule has 0 spiro atoms. The molecule has 3 heterocycles. The SMILES string of the molecule is Cc1nc2ccc(-c3ccc4c(c3)CN(c3ncnc(C)c3C(C)c3ccccc3)CCO4)cc2[nH]1. The number of aromatic amines is 1. The maximum Gasteiger partial charge on any atom is 0.136 e. The van der Waals surface area contributed by atoms with Gasteiger partial charge in [-0.15, -0.1) is 0 Å². The first kappa shape index (κ1) is 22.3. The van der Waals surface area contributed by atoms with Crippen molar-refractivity contribution in [2.45, 2.75) is 33.2 Å². The summed E-state index contributed by atoms with van der Waals surface area (Å²) in [6, 6.07) is 23.4. The van der Waals surface area contributed by atoms with Gasteiger partial charge in [-0.25, -0.2) is 15.0 Å². The molecular weight excluding hydrogens is 446 g/mol. The van der Waals surface area contributed by atoms with Crippen LogP contribution in [0.3, 0.4) is 0 Å². The minimum atomic E-state index is 0.182. The molecule has 1 N–H and O–H groups in total. The van der Waals surface area contributed by atoms with E-state index in [2.05, 4.69) is 100 Å². The number of benzene rings is 3. The van der Waals surface area contributed by atoms with Gasteiger partial charge in [-0.2, -0.15) is 0 Å². The summed E-state index contributed by atoms with van der Waals surface area (Å²) in [5.74, 6) is 3.02. The Hall–Kier alpha value is -4.19. The van der Waals surface area contributed by atoms with Crippen molar-refractivity contribution in [2.75, 3.05) is 18.1 Å². The van der Waals surface area contributed by atoms with E-state index >= 15 is 0 Å². The molecule has 1 aliphatic heterocycles. The summed E-state index contributed by atoms with van der Waals surface area (Å²) < 4.78 is 6.18. The Kier molecular flexibility index (Phi) is 5.64. The fraction of sp³-hybridized carbons (Fsp3) is 0.233. The lowest BCUT2D eigenvalue weighted by Crippen LogP contribution is -2.28. The monoisotopic (exact) mass is 475 g/mol. The van der Waals surface area contributed by atoms with Crippen LogP contribution >= 0.6 is 0 Å². The lowest BCUT2D eigenvalue weighted by Gasteiger charge is -2.27. The average Bonchev–Trinajstić information content (AvgIpc) is 3.14. The summed E-state index contributed by atoms with van der Waals surface area (Å²) >= 11 is 0. The third-order valence-corrected chi connectivity index (χ3v) is 7.07. The van der Waals surface area contributed by atoms with Gasteiger partial charge in [0, 0.05) is 29.3 Å². The van der Waals surface area contributed by atoms with E-state index in [9.17, 15) is 0 Å². The highest BCUT2D eigenvalue weighted by atomic mass is 16.5. The quantitative estimate of drug-likeness (QED) is 0.336. The summed E-state index contributed by atoms with van der Waals surface area (Å²) in [5.41, 5.74) is 8.94. The number of imidazole rings is 1. The number of ether oxygens (including phenoxy) is 1. The standard InChI is InChI=1S/C30H29N5O/c1-19(22-7-5-4-6-8-22)29-20(2)31-18-32-30(29)35-13-14-36-28-12-10-23(15-25(28)17-35)24-9-11-26-27(16-24)34-21(3)33-26/h4-12,15-16,18-19H,13-14,17H2,1-3H3,(H,33,34). The Bertz CT molecular complexity index is 1540. The molecule has 2 aromatic heterocycles. The second-order valence-electron chi connectivity index (χ2n) is 9.48. The van der Waals surface area contributed by atoms with Crippen LogP contribution in [-0.2, 0) is 6.54 Å². The number of aryl methyl sites for hydroxylation is 2. The fourth-order valence-corrected chi connectivity index (χ4v) is 5.21. The summed E-state index contributed by atoms with van der Waals surface area (Å²) in [7, 11) is 0. The van der Waals surface area contributed by atoms with Gasteiger partial charge in [0.25, 0.3) is 0 Å². The van der Waals surface area contributed by atoms with Crippen LogP contribution in [0.5, 0.6) is 5.75 Å². The number of nitrogens with zero attached hydrogens (tertiary/aromatic N) is 4. The third-order valence-electron chi connectivity index (χ3n) is 7.07. The molecule has 0 saturated heterocycles. The van der Waals surface area contributed by atoms with Crippen molar-refractivity contribution < 1.29 is 4.74 Å². The van der Waals surface area contributed by atoms with Crippen molar-refractivity contribution in [1.29, 1.82) is 0 Å². The van der Waals surface area contributed by atoms with E-state index < -0.39 is 0 Å². The topological polar surface area (TPSA) is 66.9 Å². The molecular formula is C30H29N5O. The highest BCUT2D eigenvalue weighted by Crippen LogP contribution is 2.36. The predicted molar refractivity (Wildman–Crippen MR) is 144 cm³/mol. The molecule has 3 aromatic carbocycles. The smallest absolute Gasteiger partial charge is 0.136 e. The summed E-state index contributed by atoms with van der Waals surface area (Å²) in [6.07, 6.45) is 1.68. The molecule has 6 rings (SSSR count). The van der Waals surface area contributed by atoms with E-state index in [1.54, 1.807) is 6.33 Å². The lowest BCUT2D eigenvalue weighted by molar-refractivity contribution is 0.331. The number of fused-ring (bicyclic) bond motifs is 2. The number of rotatable bonds is 4. The first-order valence-electron chi connectivity index (χ1n) is 12.4. The molecule has 1 unspecified atom stereocenters. The highest BCUT2D eigenvalue weighted by Gasteiger charge is 2.24. The van der Waals surface area contributed by atoms with Gasteiger partial charge in [-0.05, 0) is 54.8 Å². The van der Waals surface area contributed by atoms with Crippen molar-refractivity contribution in [3.8, 4) is 16.9 Å². The van der Waals surface area contributed by atoms with Crippen molar-refractivity contribution in [1.82, 2.24) is 19.9 Å². The van der Waals surface area contributed by atoms with E-state index in [1.807, 2.05) is 6.92 Å². The van der Waals surface area contributed by atoms with E-state index in [0.717, 1.165) is 63.9 Å². The Balaban J connectivity index is 1.37. The normalized spacial score (nSPS) is 14.2. The molecule has 1 atom stereocenters. The Morgan fingerprint density at radius 3 is 2.61 bits per heavy atom. The zero-order chi connectivity index (χ0) is 24.6. The molecule has 0 saturated carbocycles. The molecule has 180 valence electrons. The molecule has 36 heavy (non-hydrogen) atoms. The van der Waals surface area contributed by atoms with Gasteiger partial charge >= 0.3 is 0 Å². The maximum atomic E-state index is 6.18. The zero-order valence-corrected chi connectivity index (χ0v) is 20.8. The van der Waals surface area contributed by atoms with Gasteiger partial charge in [0.15, 0.2) is 0 Å². The van der Waals surface area contributed by atoms with Crippen LogP contribution in [0.4, 0.5) is 5.82 Å². The Morgan fingerprint density at radius 1 is 0.944 bits per heavy atom. The van der Waals surface area contributed by atoms with Crippen LogP contribution < -0.4 is 9.64 Å². The summed E-state index contributed by atoms with van der Waals surface area (Å²) in [5, 5.41) is 0. The van der Waals surface area contributed by atoms with Crippen LogP contribution in [0.25, 0.3) is 22.2 Å². The second kappa shape index (κ2) is 9.11. The van der Waals surface area contributed by atoms with Crippen LogP contribution in [0.1, 0.15) is 41.1 Å². The first-order chi connectivity index (χ1) is 17.6. The molecule has 5 aromatic rings. The number of hydrogen-bond acceptors (Lipinski definition) is 5. The zero-order valence-electron chi connectivity index (χ0n) is 20.8. The number of H-pyrrole nitrogens is 1. The number of aromatic nitrogens is 4. The van der Waals surface area contributed by atoms with Crippen molar-refractivity contribution >= 4 is 16.9 Å². The Labute approximate surface area is 211 Å². The van der Waals surface area contributed by atoms with Crippen molar-refractivity contribution in [2.24, 2.45) is 0 Å². The van der Waals surface area contributed by atoms with Gasteiger partial charge in [0.2, 0.25) is 0 Å². The predicted octanol–water partition coefficient (Wildman–Crippen LogP) is 6.19. The summed E-state index contributed by atoms with van der Waals surface area (Å²) in [4.78, 5) is 19.6. The maximum absolute atomic E-state index is 6.18. The molecule has 0 fully saturated rings. The van der Waals surface area contributed by atoms with E-state index in [4.69, 9.17) is 9.72 Å². The molecule has 6 nitrogen and oxygen atoms in total. The van der Waals surface area contributed by atoms with Gasteiger partial charge in [-0.3, -0.25) is 0 Å². The van der Waals surface area contributed by atoms with E-state index in [1.165, 1.54) is 11.1 Å². The second-order valence-corrected chi connectivity index (χ2v) is 9.48. The van der Waals surface area contributed by atoms with Crippen LogP contribution in [0, 0.1) is 13.8 Å². The van der Waals surface area contributed by atoms with Gasteiger partial charge in [0.05, 0.1) is 17.6 Å². The van der Waals surface area contributed by atoms with Gasteiger partial charge in [0.1, 0.15) is 30.3 Å². The largest absolute Gasteiger partial charge is 0.491 e. The van der Waals surface area contributed by atoms with Crippen LogP contribution in [0.2, 0.25) is 0 Å². The molecule has 1 aliphatic rings. The van der Waals surface area contributed by atoms with Crippen LogP contribution in [-0.4, -0.2) is 33.1 Å². The minimum absolute atomic E-state index is 0.182. The molecule has 6 heteroatoms. The van der Waals surface area contributed by atoms with Gasteiger partial charge < -0.3 is 14.6 Å². The van der Waals surface area contributed by atoms with E-state index in [0.29, 0.717) is 6.61 Å². The molecule has 0 amide bonds. The number of nitrogens with one attached hydrogen (secondary N) is 1. The first-order valence-corrected chi connectivity index (χ1v) is 12.4. The Morgan fingerprint density at radius 2 is 1.75 bits per heavy atom. The molecule has 0 radical (unpaired) electrons. The molecule has 0 bridgehead atoms. The fourth-order valence-electron chi connectivity index (χ4n) is 5.21. The number of anilines is 1. The number of hydrogen-bond donors (Lipinski definition) is 1. The lowest BCUT2D eigenvalue weighted by atomic mass is 9.92. The van der Waals surface area contributed by atoms with Crippen LogP contribution in [0.15, 0.2) is 73.1 Å². The van der Waals surface area contributed by atoms with Gasteiger partial charge in [-0.1, -0.05) is 49.4 Å². The average molecular weight is 476 g/mol. The highest BCUT2D eigenvalue weighted by molar-refractivity contribution is 5.82. The van der Waals surface area contributed by atoms with Crippen molar-refractivity contribution in [3.63, 3.8) is 0 Å². The summed E-state index contributed by atoms with van der Waals surface area (Å²) in [6.45, 7) is 8.38. The minimum Gasteiger partial charge on any atom is -0.491 e. The molecule has 0 aliphatic carbocycles. The van der Waals surface area contributed by atoms with Crippen molar-refractivity contribution in [3.05, 3.63) is 101 Å². The van der Waals surface area contributed by atoms with E-state index in [-0.39, 0.29) is 5.92 Å². The third kappa shape index (κ3) is 4.09.